The van der Waals surface area contributed by atoms with Crippen molar-refractivity contribution in [2.75, 3.05) is 5.73 Å². The standard InChI is InChI=1S/C15H17FN2O2S/c1-2-11-6-8-12(9-7-11)10-18-21(19,20)15-13(16)4-3-5-14(15)17/h3-9,18H,2,10,17H2,1H3. The SMILES string of the molecule is CCc1ccc(CNS(=O)(=O)c2c(N)cccc2F)cc1. The van der Waals surface area contributed by atoms with Crippen LogP contribution in [0.5, 0.6) is 0 Å². The fraction of sp³-hybridized carbons (Fsp3) is 0.200. The topological polar surface area (TPSA) is 72.2 Å². The lowest BCUT2D eigenvalue weighted by Gasteiger charge is -2.10. The maximum atomic E-state index is 13.7. The fourth-order valence-electron chi connectivity index (χ4n) is 1.95. The van der Waals surface area contributed by atoms with Crippen LogP contribution in [0.15, 0.2) is 47.4 Å². The van der Waals surface area contributed by atoms with Gasteiger partial charge in [-0.25, -0.2) is 17.5 Å². The summed E-state index contributed by atoms with van der Waals surface area (Å²) in [4.78, 5) is -0.504. The van der Waals surface area contributed by atoms with Crippen LogP contribution in [0.3, 0.4) is 0 Å². The van der Waals surface area contributed by atoms with Gasteiger partial charge in [0.2, 0.25) is 10.0 Å². The molecular weight excluding hydrogens is 291 g/mol. The Morgan fingerprint density at radius 3 is 2.29 bits per heavy atom. The summed E-state index contributed by atoms with van der Waals surface area (Å²) in [5.41, 5.74) is 7.41. The minimum absolute atomic E-state index is 0.0834. The van der Waals surface area contributed by atoms with Gasteiger partial charge in [0.25, 0.3) is 0 Å². The number of halogens is 1. The zero-order chi connectivity index (χ0) is 15.5. The Balaban J connectivity index is 2.18. The number of hydrogen-bond donors (Lipinski definition) is 2. The Hall–Kier alpha value is -1.92. The molecule has 0 unspecified atom stereocenters. The Labute approximate surface area is 123 Å². The van der Waals surface area contributed by atoms with Crippen molar-refractivity contribution in [1.29, 1.82) is 0 Å². The molecule has 0 aliphatic carbocycles. The lowest BCUT2D eigenvalue weighted by Crippen LogP contribution is -2.25. The number of rotatable bonds is 5. The number of sulfonamides is 1. The quantitative estimate of drug-likeness (QED) is 0.833. The fourth-order valence-corrected chi connectivity index (χ4v) is 3.16. The molecule has 0 fully saturated rings. The minimum atomic E-state index is -3.99. The van der Waals surface area contributed by atoms with E-state index in [0.717, 1.165) is 18.1 Å². The number of benzene rings is 2. The van der Waals surface area contributed by atoms with Crippen LogP contribution < -0.4 is 10.5 Å². The van der Waals surface area contributed by atoms with E-state index in [4.69, 9.17) is 5.73 Å². The van der Waals surface area contributed by atoms with Gasteiger partial charge in [-0.2, -0.15) is 0 Å². The van der Waals surface area contributed by atoms with Gasteiger partial charge in [-0.05, 0) is 29.7 Å². The lowest BCUT2D eigenvalue weighted by atomic mass is 10.1. The van der Waals surface area contributed by atoms with Crippen molar-refractivity contribution in [2.24, 2.45) is 0 Å². The maximum absolute atomic E-state index is 13.7. The number of aryl methyl sites for hydroxylation is 1. The van der Waals surface area contributed by atoms with E-state index >= 15 is 0 Å². The molecule has 3 N–H and O–H groups in total. The molecule has 2 rings (SSSR count). The largest absolute Gasteiger partial charge is 0.398 e. The highest BCUT2D eigenvalue weighted by Gasteiger charge is 2.21. The van der Waals surface area contributed by atoms with Gasteiger partial charge in [-0.15, -0.1) is 0 Å². The molecule has 6 heteroatoms. The summed E-state index contributed by atoms with van der Waals surface area (Å²) in [5, 5.41) is 0. The molecule has 0 atom stereocenters. The first-order chi connectivity index (χ1) is 9.94. The third-order valence-corrected chi connectivity index (χ3v) is 4.66. The molecule has 4 nitrogen and oxygen atoms in total. The van der Waals surface area contributed by atoms with Crippen LogP contribution in [0.1, 0.15) is 18.1 Å². The number of nitrogen functional groups attached to an aromatic ring is 1. The van der Waals surface area contributed by atoms with E-state index in [1.54, 1.807) is 0 Å². The predicted molar refractivity (Wildman–Crippen MR) is 80.7 cm³/mol. The molecule has 0 heterocycles. The number of hydrogen-bond acceptors (Lipinski definition) is 3. The Morgan fingerprint density at radius 1 is 1.10 bits per heavy atom. The number of anilines is 1. The molecule has 0 saturated carbocycles. The van der Waals surface area contributed by atoms with Gasteiger partial charge in [0.05, 0.1) is 5.69 Å². The molecule has 21 heavy (non-hydrogen) atoms. The monoisotopic (exact) mass is 308 g/mol. The number of nitrogens with one attached hydrogen (secondary N) is 1. The van der Waals surface area contributed by atoms with E-state index in [2.05, 4.69) is 4.72 Å². The van der Waals surface area contributed by atoms with Crippen LogP contribution in [-0.4, -0.2) is 8.42 Å². The Bertz CT molecular complexity index is 708. The van der Waals surface area contributed by atoms with Gasteiger partial charge in [0.15, 0.2) is 0 Å². The molecule has 0 aromatic heterocycles. The summed E-state index contributed by atoms with van der Waals surface area (Å²) >= 11 is 0. The van der Waals surface area contributed by atoms with Gasteiger partial charge in [-0.1, -0.05) is 37.3 Å². The molecule has 0 bridgehead atoms. The van der Waals surface area contributed by atoms with Crippen molar-refractivity contribution in [3.05, 3.63) is 59.4 Å². The number of nitrogens with two attached hydrogens (primary N) is 1. The smallest absolute Gasteiger partial charge is 0.245 e. The zero-order valence-electron chi connectivity index (χ0n) is 11.6. The molecule has 2 aromatic carbocycles. The molecule has 0 radical (unpaired) electrons. The summed E-state index contributed by atoms with van der Waals surface area (Å²) in [6, 6.07) is 11.3. The molecule has 112 valence electrons. The first-order valence-electron chi connectivity index (χ1n) is 6.55. The van der Waals surface area contributed by atoms with Crippen molar-refractivity contribution in [1.82, 2.24) is 4.72 Å². The summed E-state index contributed by atoms with van der Waals surface area (Å²) in [6.07, 6.45) is 0.914. The lowest BCUT2D eigenvalue weighted by molar-refractivity contribution is 0.558. The highest BCUT2D eigenvalue weighted by Crippen LogP contribution is 2.21. The van der Waals surface area contributed by atoms with Gasteiger partial charge >= 0.3 is 0 Å². The first kappa shape index (κ1) is 15.5. The second-order valence-electron chi connectivity index (χ2n) is 4.65. The highest BCUT2D eigenvalue weighted by atomic mass is 32.2. The van der Waals surface area contributed by atoms with Gasteiger partial charge < -0.3 is 5.73 Å². The van der Waals surface area contributed by atoms with Crippen molar-refractivity contribution in [2.45, 2.75) is 24.8 Å². The third kappa shape index (κ3) is 3.59. The predicted octanol–water partition coefficient (Wildman–Crippen LogP) is 2.45. The zero-order valence-corrected chi connectivity index (χ0v) is 12.5. The summed E-state index contributed by atoms with van der Waals surface area (Å²) < 4.78 is 40.3. The maximum Gasteiger partial charge on any atom is 0.245 e. The van der Waals surface area contributed by atoms with E-state index in [0.29, 0.717) is 0 Å². The molecule has 0 aliphatic heterocycles. The van der Waals surface area contributed by atoms with Crippen LogP contribution in [0, 0.1) is 5.82 Å². The second kappa shape index (κ2) is 6.24. The Kier molecular flexibility index (Phi) is 4.59. The van der Waals surface area contributed by atoms with Crippen LogP contribution in [0.25, 0.3) is 0 Å². The minimum Gasteiger partial charge on any atom is -0.398 e. The van der Waals surface area contributed by atoms with Gasteiger partial charge in [0, 0.05) is 6.54 Å². The molecule has 2 aromatic rings. The molecular formula is C15H17FN2O2S. The van der Waals surface area contributed by atoms with E-state index < -0.39 is 20.7 Å². The van der Waals surface area contributed by atoms with Crippen LogP contribution in [0.4, 0.5) is 10.1 Å². The molecule has 0 amide bonds. The molecule has 0 spiro atoms. The van der Waals surface area contributed by atoms with Crippen LogP contribution in [0.2, 0.25) is 0 Å². The third-order valence-electron chi connectivity index (χ3n) is 3.16. The van der Waals surface area contributed by atoms with Crippen molar-refractivity contribution >= 4 is 15.7 Å². The average molecular weight is 308 g/mol. The highest BCUT2D eigenvalue weighted by molar-refractivity contribution is 7.89. The second-order valence-corrected chi connectivity index (χ2v) is 6.36. The van der Waals surface area contributed by atoms with Crippen molar-refractivity contribution in [3.8, 4) is 0 Å². The summed E-state index contributed by atoms with van der Waals surface area (Å²) in [7, 11) is -3.99. The summed E-state index contributed by atoms with van der Waals surface area (Å²) in [5.74, 6) is -0.858. The molecule has 0 saturated heterocycles. The van der Waals surface area contributed by atoms with Gasteiger partial charge in [0.1, 0.15) is 10.7 Å². The molecule has 0 aliphatic rings. The summed E-state index contributed by atoms with van der Waals surface area (Å²) in [6.45, 7) is 2.12. The van der Waals surface area contributed by atoms with Crippen molar-refractivity contribution in [3.63, 3.8) is 0 Å². The van der Waals surface area contributed by atoms with Gasteiger partial charge in [-0.3, -0.25) is 0 Å². The van der Waals surface area contributed by atoms with E-state index in [9.17, 15) is 12.8 Å². The van der Waals surface area contributed by atoms with E-state index in [1.807, 2.05) is 31.2 Å². The van der Waals surface area contributed by atoms with Crippen LogP contribution >= 0.6 is 0 Å². The van der Waals surface area contributed by atoms with E-state index in [1.165, 1.54) is 17.7 Å². The normalized spacial score (nSPS) is 11.5. The van der Waals surface area contributed by atoms with Crippen LogP contribution in [-0.2, 0) is 23.0 Å². The van der Waals surface area contributed by atoms with Crippen molar-refractivity contribution < 1.29 is 12.8 Å². The first-order valence-corrected chi connectivity index (χ1v) is 8.04. The van der Waals surface area contributed by atoms with E-state index in [-0.39, 0.29) is 12.2 Å². The Morgan fingerprint density at radius 2 is 1.71 bits per heavy atom. The average Bonchev–Trinajstić information content (AvgIpc) is 2.45.